The Kier molecular flexibility index (Phi) is 7.09. The lowest BCUT2D eigenvalue weighted by Gasteiger charge is -2.17. The van der Waals surface area contributed by atoms with Crippen molar-refractivity contribution in [3.63, 3.8) is 0 Å². The van der Waals surface area contributed by atoms with Crippen molar-refractivity contribution < 1.29 is 9.53 Å². The Morgan fingerprint density at radius 1 is 1.07 bits per heavy atom. The molecule has 1 amide bonds. The first-order valence-electron chi connectivity index (χ1n) is 10.00. The molecule has 1 aromatic heterocycles. The average Bonchev–Trinajstić information content (AvgIpc) is 3.18. The van der Waals surface area contributed by atoms with Crippen LogP contribution in [0.1, 0.15) is 36.3 Å². The molecule has 3 aromatic rings. The van der Waals surface area contributed by atoms with Crippen LogP contribution < -0.4 is 10.1 Å². The maximum Gasteiger partial charge on any atom is 0.267 e. The van der Waals surface area contributed by atoms with Crippen LogP contribution in [-0.4, -0.2) is 42.0 Å². The molecule has 0 fully saturated rings. The van der Waals surface area contributed by atoms with Crippen molar-refractivity contribution >= 4 is 16.8 Å². The minimum atomic E-state index is -0.0789. The van der Waals surface area contributed by atoms with Crippen molar-refractivity contribution in [1.29, 1.82) is 0 Å². The summed E-state index contributed by atoms with van der Waals surface area (Å²) in [7, 11) is 0. The number of carbonyl (C=O) groups excluding carboxylic acids is 1. The van der Waals surface area contributed by atoms with Crippen LogP contribution in [0.2, 0.25) is 0 Å². The van der Waals surface area contributed by atoms with Gasteiger partial charge < -0.3 is 19.9 Å². The normalized spacial score (nSPS) is 11.1. The lowest BCUT2D eigenvalue weighted by atomic mass is 10.2. The number of aromatic amines is 1. The van der Waals surface area contributed by atoms with Gasteiger partial charge in [-0.05, 0) is 43.8 Å². The van der Waals surface area contributed by atoms with E-state index in [1.807, 2.05) is 54.6 Å². The molecule has 28 heavy (non-hydrogen) atoms. The molecule has 0 aliphatic heterocycles. The number of hydrogen-bond donors (Lipinski definition) is 2. The molecule has 0 unspecified atom stereocenters. The second-order valence-electron chi connectivity index (χ2n) is 6.81. The van der Waals surface area contributed by atoms with Crippen LogP contribution in [0.5, 0.6) is 5.75 Å². The molecule has 0 saturated heterocycles. The number of para-hydroxylation sites is 1. The standard InChI is InChI=1S/C23H29N3O2/c1-3-26(4-2)15-9-14-24-23(27)20-16-19-12-8-13-21(22(19)25-20)28-17-18-10-6-5-7-11-18/h5-8,10-13,16,25H,3-4,9,14-15,17H2,1-2H3,(H,24,27). The Hall–Kier alpha value is -2.79. The van der Waals surface area contributed by atoms with Crippen molar-refractivity contribution in [2.24, 2.45) is 0 Å². The van der Waals surface area contributed by atoms with Gasteiger partial charge in [0.2, 0.25) is 0 Å². The molecule has 0 aliphatic carbocycles. The van der Waals surface area contributed by atoms with Gasteiger partial charge in [0.25, 0.3) is 5.91 Å². The Morgan fingerprint density at radius 3 is 2.61 bits per heavy atom. The van der Waals surface area contributed by atoms with Crippen LogP contribution in [-0.2, 0) is 6.61 Å². The van der Waals surface area contributed by atoms with E-state index in [0.717, 1.165) is 48.3 Å². The number of nitrogens with zero attached hydrogens (tertiary/aromatic N) is 1. The van der Waals surface area contributed by atoms with E-state index in [4.69, 9.17) is 4.74 Å². The zero-order valence-corrected chi connectivity index (χ0v) is 16.7. The van der Waals surface area contributed by atoms with E-state index >= 15 is 0 Å². The van der Waals surface area contributed by atoms with Gasteiger partial charge in [-0.1, -0.05) is 56.3 Å². The fourth-order valence-electron chi connectivity index (χ4n) is 3.25. The first-order chi connectivity index (χ1) is 13.7. The Bertz CT molecular complexity index is 885. The van der Waals surface area contributed by atoms with Crippen LogP contribution in [0.3, 0.4) is 0 Å². The maximum atomic E-state index is 12.5. The number of ether oxygens (including phenoxy) is 1. The molecule has 0 atom stereocenters. The molecule has 0 spiro atoms. The number of aromatic nitrogens is 1. The van der Waals surface area contributed by atoms with Gasteiger partial charge in [-0.15, -0.1) is 0 Å². The number of fused-ring (bicyclic) bond motifs is 1. The third-order valence-corrected chi connectivity index (χ3v) is 4.93. The van der Waals surface area contributed by atoms with Crippen molar-refractivity contribution in [3.8, 4) is 5.75 Å². The molecule has 0 saturated carbocycles. The Morgan fingerprint density at radius 2 is 1.86 bits per heavy atom. The van der Waals surface area contributed by atoms with E-state index < -0.39 is 0 Å². The second-order valence-corrected chi connectivity index (χ2v) is 6.81. The lowest BCUT2D eigenvalue weighted by molar-refractivity contribution is 0.0947. The van der Waals surface area contributed by atoms with Gasteiger partial charge in [-0.2, -0.15) is 0 Å². The van der Waals surface area contributed by atoms with Crippen LogP contribution >= 0.6 is 0 Å². The first kappa shape index (κ1) is 20.0. The SMILES string of the molecule is CCN(CC)CCCNC(=O)c1cc2cccc(OCc3ccccc3)c2[nH]1. The summed E-state index contributed by atoms with van der Waals surface area (Å²) in [5.74, 6) is 0.673. The van der Waals surface area contributed by atoms with Gasteiger partial charge >= 0.3 is 0 Å². The summed E-state index contributed by atoms with van der Waals surface area (Å²) >= 11 is 0. The highest BCUT2D eigenvalue weighted by Gasteiger charge is 2.12. The van der Waals surface area contributed by atoms with Gasteiger partial charge in [0.1, 0.15) is 18.1 Å². The minimum Gasteiger partial charge on any atom is -0.487 e. The van der Waals surface area contributed by atoms with Crippen LogP contribution in [0, 0.1) is 0 Å². The molecule has 5 nitrogen and oxygen atoms in total. The zero-order chi connectivity index (χ0) is 19.8. The summed E-state index contributed by atoms with van der Waals surface area (Å²) in [6, 6.07) is 17.8. The highest BCUT2D eigenvalue weighted by molar-refractivity contribution is 5.99. The number of benzene rings is 2. The fourth-order valence-corrected chi connectivity index (χ4v) is 3.25. The molecule has 5 heteroatoms. The topological polar surface area (TPSA) is 57.4 Å². The molecular weight excluding hydrogens is 350 g/mol. The number of H-pyrrole nitrogens is 1. The van der Waals surface area contributed by atoms with Gasteiger partial charge in [0, 0.05) is 11.9 Å². The predicted octanol–water partition coefficient (Wildman–Crippen LogP) is 4.21. The van der Waals surface area contributed by atoms with E-state index in [0.29, 0.717) is 18.8 Å². The molecule has 148 valence electrons. The molecule has 0 radical (unpaired) electrons. The average molecular weight is 380 g/mol. The van der Waals surface area contributed by atoms with Crippen LogP contribution in [0.15, 0.2) is 54.6 Å². The van der Waals surface area contributed by atoms with E-state index in [1.54, 1.807) is 0 Å². The van der Waals surface area contributed by atoms with Gasteiger partial charge in [-0.25, -0.2) is 0 Å². The van der Waals surface area contributed by atoms with Crippen molar-refractivity contribution in [2.75, 3.05) is 26.2 Å². The van der Waals surface area contributed by atoms with Crippen LogP contribution in [0.25, 0.3) is 10.9 Å². The summed E-state index contributed by atoms with van der Waals surface area (Å²) in [6.45, 7) is 8.55. The summed E-state index contributed by atoms with van der Waals surface area (Å²) in [5.41, 5.74) is 2.53. The third kappa shape index (κ3) is 5.14. The molecule has 3 rings (SSSR count). The van der Waals surface area contributed by atoms with E-state index in [1.165, 1.54) is 0 Å². The van der Waals surface area contributed by atoms with Crippen molar-refractivity contribution in [2.45, 2.75) is 26.9 Å². The number of carbonyl (C=O) groups is 1. The Labute approximate surface area is 166 Å². The van der Waals surface area contributed by atoms with Gasteiger partial charge in [-0.3, -0.25) is 4.79 Å². The van der Waals surface area contributed by atoms with Gasteiger partial charge in [0.15, 0.2) is 0 Å². The molecule has 0 bridgehead atoms. The first-order valence-corrected chi connectivity index (χ1v) is 10.00. The number of amides is 1. The number of nitrogens with one attached hydrogen (secondary N) is 2. The van der Waals surface area contributed by atoms with Gasteiger partial charge in [0.05, 0.1) is 5.52 Å². The molecule has 2 aromatic carbocycles. The summed E-state index contributed by atoms with van der Waals surface area (Å²) in [5, 5.41) is 3.97. The number of hydrogen-bond acceptors (Lipinski definition) is 3. The maximum absolute atomic E-state index is 12.5. The fraction of sp³-hybridized carbons (Fsp3) is 0.348. The number of rotatable bonds is 10. The largest absolute Gasteiger partial charge is 0.487 e. The lowest BCUT2D eigenvalue weighted by Crippen LogP contribution is -2.30. The quantitative estimate of drug-likeness (QED) is 0.519. The van der Waals surface area contributed by atoms with Crippen LogP contribution in [0.4, 0.5) is 0 Å². The molecule has 0 aliphatic rings. The van der Waals surface area contributed by atoms with Crippen molar-refractivity contribution in [3.05, 3.63) is 65.9 Å². The monoisotopic (exact) mass is 379 g/mol. The molecule has 1 heterocycles. The van der Waals surface area contributed by atoms with E-state index in [2.05, 4.69) is 29.0 Å². The smallest absolute Gasteiger partial charge is 0.267 e. The third-order valence-electron chi connectivity index (χ3n) is 4.93. The zero-order valence-electron chi connectivity index (χ0n) is 16.7. The second kappa shape index (κ2) is 9.95. The highest BCUT2D eigenvalue weighted by Crippen LogP contribution is 2.26. The van der Waals surface area contributed by atoms with Crippen molar-refractivity contribution in [1.82, 2.24) is 15.2 Å². The summed E-state index contributed by atoms with van der Waals surface area (Å²) in [6.07, 6.45) is 0.944. The highest BCUT2D eigenvalue weighted by atomic mass is 16.5. The summed E-state index contributed by atoms with van der Waals surface area (Å²) < 4.78 is 5.98. The molecular formula is C23H29N3O2. The minimum absolute atomic E-state index is 0.0789. The van der Waals surface area contributed by atoms with E-state index in [-0.39, 0.29) is 5.91 Å². The summed E-state index contributed by atoms with van der Waals surface area (Å²) in [4.78, 5) is 18.1. The molecule has 2 N–H and O–H groups in total. The predicted molar refractivity (Wildman–Crippen MR) is 114 cm³/mol. The van der Waals surface area contributed by atoms with E-state index in [9.17, 15) is 4.79 Å². The Balaban J connectivity index is 1.61.